The van der Waals surface area contributed by atoms with Crippen molar-refractivity contribution in [3.8, 4) is 0 Å². The van der Waals surface area contributed by atoms with E-state index in [0.717, 1.165) is 103 Å². The lowest BCUT2D eigenvalue weighted by molar-refractivity contribution is -0.870. The SMILES string of the molecule is CC/C=C\C/C=C\C/C=C\C/C=C\C/C=C\C/C=C\CCCCCCC(=O)OC(/C=C/CCCCCCCCCCC)C(COP(=O)([O-])OCC[N+](C)(C)C)NC(=O)CCCCCCCCCCCCCCCCCC. The third-order valence-electron chi connectivity index (χ3n) is 13.6. The highest BCUT2D eigenvalue weighted by Gasteiger charge is 2.27. The Hall–Kier alpha value is -2.81. The minimum atomic E-state index is -4.70. The Bertz CT molecular complexity index is 1580. The van der Waals surface area contributed by atoms with Crippen molar-refractivity contribution in [3.63, 3.8) is 0 Å². The molecule has 0 bridgehead atoms. The van der Waals surface area contributed by atoms with Crippen LogP contribution in [-0.4, -0.2) is 69.4 Å². The summed E-state index contributed by atoms with van der Waals surface area (Å²) in [6.45, 7) is 6.72. The van der Waals surface area contributed by atoms with Crippen LogP contribution in [0.25, 0.3) is 0 Å². The Morgan fingerprint density at radius 1 is 0.474 bits per heavy atom. The molecule has 0 saturated carbocycles. The first-order valence-electron chi connectivity index (χ1n) is 31.4. The lowest BCUT2D eigenvalue weighted by atomic mass is 10.0. The lowest BCUT2D eigenvalue weighted by Crippen LogP contribution is -2.47. The molecule has 0 heterocycles. The van der Waals surface area contributed by atoms with Crippen molar-refractivity contribution >= 4 is 19.7 Å². The van der Waals surface area contributed by atoms with E-state index in [0.29, 0.717) is 23.9 Å². The van der Waals surface area contributed by atoms with Crippen LogP contribution in [0, 0.1) is 0 Å². The first kappa shape index (κ1) is 73.2. The topological polar surface area (TPSA) is 114 Å². The van der Waals surface area contributed by atoms with Crippen LogP contribution in [0.3, 0.4) is 0 Å². The van der Waals surface area contributed by atoms with Crippen LogP contribution in [-0.2, 0) is 27.9 Å². The zero-order valence-corrected chi connectivity index (χ0v) is 51.1. The minimum absolute atomic E-state index is 0.0288. The smallest absolute Gasteiger partial charge is 0.306 e. The van der Waals surface area contributed by atoms with Crippen LogP contribution in [0.1, 0.15) is 271 Å². The summed E-state index contributed by atoms with van der Waals surface area (Å²) in [5.41, 5.74) is 0. The normalized spacial score (nSPS) is 14.2. The summed E-state index contributed by atoms with van der Waals surface area (Å²) >= 11 is 0. The lowest BCUT2D eigenvalue weighted by Gasteiger charge is -2.30. The number of unbranched alkanes of at least 4 members (excludes halogenated alkanes) is 28. The van der Waals surface area contributed by atoms with E-state index < -0.39 is 26.6 Å². The number of hydrogen-bond donors (Lipinski definition) is 1. The first-order valence-corrected chi connectivity index (χ1v) is 32.9. The largest absolute Gasteiger partial charge is 0.756 e. The molecule has 3 unspecified atom stereocenters. The number of esters is 1. The molecule has 0 rings (SSSR count). The Morgan fingerprint density at radius 3 is 1.26 bits per heavy atom. The Kier molecular flexibility index (Phi) is 53.5. The second kappa shape index (κ2) is 55.5. The van der Waals surface area contributed by atoms with Gasteiger partial charge in [-0.05, 0) is 83.1 Å². The van der Waals surface area contributed by atoms with E-state index in [4.69, 9.17) is 13.8 Å². The van der Waals surface area contributed by atoms with E-state index in [1.165, 1.54) is 128 Å². The number of nitrogens with zero attached hydrogens (tertiary/aromatic N) is 1. The van der Waals surface area contributed by atoms with Gasteiger partial charge >= 0.3 is 5.97 Å². The highest BCUT2D eigenvalue weighted by atomic mass is 31.2. The number of carbonyl (C=O) groups is 2. The van der Waals surface area contributed by atoms with Crippen molar-refractivity contribution in [2.24, 2.45) is 0 Å². The van der Waals surface area contributed by atoms with Crippen molar-refractivity contribution in [1.29, 1.82) is 0 Å². The number of hydrogen-bond acceptors (Lipinski definition) is 7. The number of phosphoric acid groups is 1. The fraction of sp³-hybridized carbons (Fsp3) is 0.758. The number of ether oxygens (including phenoxy) is 1. The molecule has 0 aromatic heterocycles. The molecule has 0 fully saturated rings. The molecule has 0 saturated heterocycles. The molecule has 0 aromatic rings. The number of rotatable bonds is 56. The standard InChI is InChI=1S/C66H119N2O7P/c1-7-10-13-16-19-22-25-27-29-31-32-33-34-35-36-37-39-41-44-47-50-53-56-59-66(70)75-64(57-54-51-48-45-42-24-21-18-15-12-9-3)63(62-74-76(71,72)73-61-60-68(4,5)6)67-65(69)58-55-52-49-46-43-40-38-30-28-26-23-20-17-14-11-8-2/h10,13,19,22,27,29,32-33,35-36,39,41,54,57,63-64H,7-9,11-12,14-18,20-21,23-26,28,30-31,34,37-38,40,42-53,55-56,58-62H2,1-6H3,(H-,67,69,71,72)/b13-10-,22-19-,29-27-,33-32-,36-35-,41-39-,57-54+. The average molecular weight is 1080 g/mol. The van der Waals surface area contributed by atoms with Gasteiger partial charge < -0.3 is 28.5 Å². The maximum Gasteiger partial charge on any atom is 0.306 e. The number of nitrogens with one attached hydrogen (secondary N) is 1. The maximum absolute atomic E-state index is 13.5. The summed E-state index contributed by atoms with van der Waals surface area (Å²) in [5, 5.41) is 3.02. The molecule has 10 heteroatoms. The highest BCUT2D eigenvalue weighted by Crippen LogP contribution is 2.38. The van der Waals surface area contributed by atoms with Gasteiger partial charge in [0, 0.05) is 12.8 Å². The van der Waals surface area contributed by atoms with Gasteiger partial charge in [-0.15, -0.1) is 0 Å². The number of amides is 1. The molecular weight excluding hydrogens is 964 g/mol. The second-order valence-electron chi connectivity index (χ2n) is 22.2. The average Bonchev–Trinajstić information content (AvgIpc) is 3.38. The fourth-order valence-electron chi connectivity index (χ4n) is 8.76. The van der Waals surface area contributed by atoms with E-state index in [1.54, 1.807) is 0 Å². The van der Waals surface area contributed by atoms with E-state index in [2.05, 4.69) is 99.0 Å². The molecule has 76 heavy (non-hydrogen) atoms. The first-order chi connectivity index (χ1) is 36.9. The third kappa shape index (κ3) is 55.9. The van der Waals surface area contributed by atoms with E-state index in [-0.39, 0.29) is 24.9 Å². The number of allylic oxidation sites excluding steroid dienone is 13. The number of carbonyl (C=O) groups excluding carboxylic acids is 2. The highest BCUT2D eigenvalue weighted by molar-refractivity contribution is 7.45. The van der Waals surface area contributed by atoms with E-state index >= 15 is 0 Å². The molecular formula is C66H119N2O7P. The molecule has 0 aliphatic rings. The molecule has 1 amide bonds. The molecule has 0 aliphatic carbocycles. The van der Waals surface area contributed by atoms with Gasteiger partial charge in [-0.1, -0.05) is 260 Å². The summed E-state index contributed by atoms with van der Waals surface area (Å²) in [6, 6.07) is -0.900. The molecule has 0 aliphatic heterocycles. The maximum atomic E-state index is 13.5. The zero-order chi connectivity index (χ0) is 55.7. The van der Waals surface area contributed by atoms with Crippen LogP contribution in [0.2, 0.25) is 0 Å². The fourth-order valence-corrected chi connectivity index (χ4v) is 9.48. The Morgan fingerprint density at radius 2 is 0.842 bits per heavy atom. The minimum Gasteiger partial charge on any atom is -0.756 e. The quantitative estimate of drug-likeness (QED) is 0.0212. The van der Waals surface area contributed by atoms with Crippen LogP contribution in [0.5, 0.6) is 0 Å². The molecule has 1 N–H and O–H groups in total. The molecule has 3 atom stereocenters. The van der Waals surface area contributed by atoms with Gasteiger partial charge in [0.2, 0.25) is 5.91 Å². The van der Waals surface area contributed by atoms with Crippen LogP contribution < -0.4 is 10.2 Å². The summed E-state index contributed by atoms with van der Waals surface area (Å²) in [6.07, 6.45) is 72.6. The number of quaternary nitrogens is 1. The monoisotopic (exact) mass is 1080 g/mol. The molecule has 0 spiro atoms. The zero-order valence-electron chi connectivity index (χ0n) is 50.2. The molecule has 0 radical (unpaired) electrons. The Balaban J connectivity index is 5.24. The van der Waals surface area contributed by atoms with Gasteiger partial charge in [0.1, 0.15) is 19.3 Å². The summed E-state index contributed by atoms with van der Waals surface area (Å²) in [5.74, 6) is -0.567. The predicted octanol–water partition coefficient (Wildman–Crippen LogP) is 18.8. The van der Waals surface area contributed by atoms with Crippen molar-refractivity contribution in [2.45, 2.75) is 283 Å². The number of phosphoric ester groups is 1. The Labute approximate surface area is 469 Å². The van der Waals surface area contributed by atoms with Gasteiger partial charge in [-0.25, -0.2) is 0 Å². The van der Waals surface area contributed by atoms with Gasteiger partial charge in [-0.2, -0.15) is 0 Å². The predicted molar refractivity (Wildman–Crippen MR) is 325 cm³/mol. The molecule has 0 aromatic carbocycles. The van der Waals surface area contributed by atoms with Crippen LogP contribution in [0.4, 0.5) is 0 Å². The summed E-state index contributed by atoms with van der Waals surface area (Å²) < 4.78 is 30.3. The van der Waals surface area contributed by atoms with Crippen molar-refractivity contribution < 1.29 is 37.3 Å². The van der Waals surface area contributed by atoms with Crippen molar-refractivity contribution in [1.82, 2.24) is 5.32 Å². The van der Waals surface area contributed by atoms with E-state index in [1.807, 2.05) is 33.3 Å². The molecule has 440 valence electrons. The second-order valence-corrected chi connectivity index (χ2v) is 23.6. The van der Waals surface area contributed by atoms with Crippen molar-refractivity contribution in [3.05, 3.63) is 85.1 Å². The van der Waals surface area contributed by atoms with Gasteiger partial charge in [-0.3, -0.25) is 14.2 Å². The third-order valence-corrected chi connectivity index (χ3v) is 14.6. The van der Waals surface area contributed by atoms with Gasteiger partial charge in [0.05, 0.1) is 33.8 Å². The van der Waals surface area contributed by atoms with Gasteiger partial charge in [0.25, 0.3) is 7.82 Å². The summed E-state index contributed by atoms with van der Waals surface area (Å²) in [7, 11) is 1.17. The van der Waals surface area contributed by atoms with E-state index in [9.17, 15) is 19.0 Å². The molecule has 9 nitrogen and oxygen atoms in total. The van der Waals surface area contributed by atoms with Crippen LogP contribution in [0.15, 0.2) is 85.1 Å². The van der Waals surface area contributed by atoms with Gasteiger partial charge in [0.15, 0.2) is 0 Å². The number of likely N-dealkylation sites (N-methyl/N-ethyl adjacent to an activating group) is 1. The van der Waals surface area contributed by atoms with Crippen LogP contribution >= 0.6 is 7.82 Å². The summed E-state index contributed by atoms with van der Waals surface area (Å²) in [4.78, 5) is 40.0. The van der Waals surface area contributed by atoms with Crippen molar-refractivity contribution in [2.75, 3.05) is 40.9 Å².